The van der Waals surface area contributed by atoms with E-state index < -0.39 is 0 Å². The van der Waals surface area contributed by atoms with Gasteiger partial charge in [-0.05, 0) is 19.8 Å². The van der Waals surface area contributed by atoms with Gasteiger partial charge in [-0.1, -0.05) is 0 Å². The van der Waals surface area contributed by atoms with E-state index in [9.17, 15) is 0 Å². The van der Waals surface area contributed by atoms with Crippen molar-refractivity contribution in [1.29, 1.82) is 0 Å². The van der Waals surface area contributed by atoms with Gasteiger partial charge in [-0.3, -0.25) is 5.10 Å². The van der Waals surface area contributed by atoms with Gasteiger partial charge in [0.1, 0.15) is 24.0 Å². The van der Waals surface area contributed by atoms with E-state index in [0.29, 0.717) is 6.04 Å². The molecule has 4 rings (SSSR count). The molecule has 8 heteroatoms. The van der Waals surface area contributed by atoms with Crippen LogP contribution in [0.5, 0.6) is 0 Å². The van der Waals surface area contributed by atoms with Crippen molar-refractivity contribution < 1.29 is 0 Å². The molecule has 1 aliphatic rings. The summed E-state index contributed by atoms with van der Waals surface area (Å²) in [6.45, 7) is 1.99. The van der Waals surface area contributed by atoms with E-state index in [1.807, 2.05) is 13.3 Å². The molecule has 1 aliphatic carbocycles. The number of hydrogen-bond acceptors (Lipinski definition) is 6. The minimum absolute atomic E-state index is 0.0262. The van der Waals surface area contributed by atoms with E-state index in [0.717, 1.165) is 22.8 Å². The summed E-state index contributed by atoms with van der Waals surface area (Å²) in [6.07, 6.45) is 7.31. The third-order valence-corrected chi connectivity index (χ3v) is 3.50. The Labute approximate surface area is 114 Å². The zero-order valence-corrected chi connectivity index (χ0v) is 11.0. The fraction of sp³-hybridized carbons (Fsp3) is 0.417. The molecule has 0 radical (unpaired) electrons. The smallest absolute Gasteiger partial charge is 0.165 e. The van der Waals surface area contributed by atoms with Gasteiger partial charge in [0, 0.05) is 6.04 Å². The van der Waals surface area contributed by atoms with Gasteiger partial charge >= 0.3 is 0 Å². The van der Waals surface area contributed by atoms with Crippen LogP contribution in [0.2, 0.25) is 0 Å². The van der Waals surface area contributed by atoms with Gasteiger partial charge < -0.3 is 9.88 Å². The summed E-state index contributed by atoms with van der Waals surface area (Å²) in [5.74, 6) is 1.48. The van der Waals surface area contributed by atoms with Gasteiger partial charge in [0.2, 0.25) is 0 Å². The molecule has 8 nitrogen and oxygen atoms in total. The number of anilines is 1. The van der Waals surface area contributed by atoms with Crippen LogP contribution in [-0.2, 0) is 0 Å². The van der Waals surface area contributed by atoms with E-state index >= 15 is 0 Å². The van der Waals surface area contributed by atoms with Crippen molar-refractivity contribution >= 4 is 17.0 Å². The van der Waals surface area contributed by atoms with Crippen molar-refractivity contribution in [3.63, 3.8) is 0 Å². The predicted octanol–water partition coefficient (Wildman–Crippen LogP) is 1.45. The maximum atomic E-state index is 4.44. The molecule has 1 saturated carbocycles. The highest BCUT2D eigenvalue weighted by molar-refractivity contribution is 5.82. The molecule has 2 N–H and O–H groups in total. The normalized spacial score (nSPS) is 16.4. The van der Waals surface area contributed by atoms with Gasteiger partial charge in [-0.25, -0.2) is 19.9 Å². The molecule has 0 bridgehead atoms. The van der Waals surface area contributed by atoms with E-state index in [1.54, 1.807) is 6.33 Å². The van der Waals surface area contributed by atoms with Crippen LogP contribution in [-0.4, -0.2) is 34.7 Å². The molecule has 0 spiro atoms. The highest BCUT2D eigenvalue weighted by Gasteiger charge is 2.26. The molecule has 1 atom stereocenters. The monoisotopic (exact) mass is 270 g/mol. The molecule has 3 aromatic rings. The summed E-state index contributed by atoms with van der Waals surface area (Å²) in [4.78, 5) is 17.2. The van der Waals surface area contributed by atoms with Crippen LogP contribution in [0.4, 0.5) is 5.82 Å². The Morgan fingerprint density at radius 1 is 1.25 bits per heavy atom. The second-order valence-electron chi connectivity index (χ2n) is 5.01. The average Bonchev–Trinajstić information content (AvgIpc) is 3.00. The minimum Gasteiger partial charge on any atom is -0.358 e. The van der Waals surface area contributed by atoms with E-state index in [-0.39, 0.29) is 6.04 Å². The number of nitrogens with zero attached hydrogens (tertiary/aromatic N) is 6. The highest BCUT2D eigenvalue weighted by atomic mass is 15.2. The molecule has 102 valence electrons. The molecule has 20 heavy (non-hydrogen) atoms. The number of hydrogen-bond donors (Lipinski definition) is 2. The Morgan fingerprint density at radius 2 is 2.15 bits per heavy atom. The average molecular weight is 270 g/mol. The van der Waals surface area contributed by atoms with Crippen LogP contribution in [0.25, 0.3) is 11.2 Å². The van der Waals surface area contributed by atoms with Crippen LogP contribution in [0, 0.1) is 0 Å². The first-order valence-corrected chi connectivity index (χ1v) is 6.62. The minimum atomic E-state index is -0.0262. The summed E-state index contributed by atoms with van der Waals surface area (Å²) in [5.41, 5.74) is 1.68. The number of nitrogens with one attached hydrogen (secondary N) is 2. The molecule has 0 saturated heterocycles. The van der Waals surface area contributed by atoms with Crippen molar-refractivity contribution in [2.45, 2.75) is 31.8 Å². The number of imidazole rings is 1. The quantitative estimate of drug-likeness (QED) is 0.744. The molecular weight excluding hydrogens is 256 g/mol. The molecule has 1 unspecified atom stereocenters. The summed E-state index contributed by atoms with van der Waals surface area (Å²) < 4.78 is 2.13. The molecule has 3 aromatic heterocycles. The van der Waals surface area contributed by atoms with Crippen molar-refractivity contribution in [2.24, 2.45) is 0 Å². The molecular formula is C12H14N8. The number of H-pyrrole nitrogens is 1. The lowest BCUT2D eigenvalue weighted by atomic mass is 10.3. The highest BCUT2D eigenvalue weighted by Crippen LogP contribution is 2.37. The second-order valence-corrected chi connectivity index (χ2v) is 5.01. The van der Waals surface area contributed by atoms with Crippen LogP contribution < -0.4 is 5.32 Å². The van der Waals surface area contributed by atoms with E-state index in [4.69, 9.17) is 0 Å². The van der Waals surface area contributed by atoms with Crippen molar-refractivity contribution in [3.8, 4) is 0 Å². The van der Waals surface area contributed by atoms with Gasteiger partial charge in [-0.2, -0.15) is 5.10 Å². The van der Waals surface area contributed by atoms with Crippen molar-refractivity contribution in [3.05, 3.63) is 24.8 Å². The third kappa shape index (κ3) is 1.80. The lowest BCUT2D eigenvalue weighted by molar-refractivity contribution is 0.756. The third-order valence-electron chi connectivity index (χ3n) is 3.50. The van der Waals surface area contributed by atoms with E-state index in [1.165, 1.54) is 19.2 Å². The maximum Gasteiger partial charge on any atom is 0.165 e. The number of aromatic nitrogens is 7. The first-order chi connectivity index (χ1) is 9.83. The summed E-state index contributed by atoms with van der Waals surface area (Å²) in [7, 11) is 0. The zero-order chi connectivity index (χ0) is 13.5. The Morgan fingerprint density at radius 3 is 2.90 bits per heavy atom. The van der Waals surface area contributed by atoms with Crippen LogP contribution in [0.3, 0.4) is 0 Å². The molecule has 3 heterocycles. The predicted molar refractivity (Wildman–Crippen MR) is 72.0 cm³/mol. The Hall–Kier alpha value is -2.51. The van der Waals surface area contributed by atoms with Crippen LogP contribution in [0.15, 0.2) is 19.0 Å². The Kier molecular flexibility index (Phi) is 2.41. The largest absolute Gasteiger partial charge is 0.358 e. The van der Waals surface area contributed by atoms with Gasteiger partial charge in [0.15, 0.2) is 11.5 Å². The van der Waals surface area contributed by atoms with Crippen LogP contribution >= 0.6 is 0 Å². The fourth-order valence-electron chi connectivity index (χ4n) is 2.27. The number of aromatic amines is 1. The second kappa shape index (κ2) is 4.26. The number of fused-ring (bicyclic) bond motifs is 1. The van der Waals surface area contributed by atoms with Crippen molar-refractivity contribution in [1.82, 2.24) is 34.7 Å². The topological polar surface area (TPSA) is 97.2 Å². The summed E-state index contributed by atoms with van der Waals surface area (Å²) in [5, 5.41) is 10.00. The molecule has 0 aliphatic heterocycles. The summed E-state index contributed by atoms with van der Waals surface area (Å²) >= 11 is 0. The maximum absolute atomic E-state index is 4.44. The molecule has 0 amide bonds. The SMILES string of the molecule is CC(Nc1ncnc2c1ncn2C1CC1)c1ncn[nH]1. The summed E-state index contributed by atoms with van der Waals surface area (Å²) in [6, 6.07) is 0.524. The van der Waals surface area contributed by atoms with E-state index in [2.05, 4.69) is 40.0 Å². The Balaban J connectivity index is 1.69. The van der Waals surface area contributed by atoms with Gasteiger partial charge in [0.05, 0.1) is 12.4 Å². The first-order valence-electron chi connectivity index (χ1n) is 6.62. The number of rotatable bonds is 4. The van der Waals surface area contributed by atoms with Gasteiger partial charge in [0.25, 0.3) is 0 Å². The lowest BCUT2D eigenvalue weighted by Crippen LogP contribution is -2.10. The fourth-order valence-corrected chi connectivity index (χ4v) is 2.27. The van der Waals surface area contributed by atoms with Crippen LogP contribution in [0.1, 0.15) is 37.7 Å². The molecule has 0 aromatic carbocycles. The van der Waals surface area contributed by atoms with Crippen molar-refractivity contribution in [2.75, 3.05) is 5.32 Å². The first kappa shape index (κ1) is 11.3. The molecule has 1 fully saturated rings. The standard InChI is InChI=1S/C12H14N8/c1-7(10-14-5-17-19-10)18-11-9-12(15-4-13-11)20(6-16-9)8-2-3-8/h4-8H,2-3H2,1H3,(H,13,15,18)(H,14,17,19). The van der Waals surface area contributed by atoms with Gasteiger partial charge in [-0.15, -0.1) is 0 Å². The zero-order valence-electron chi connectivity index (χ0n) is 11.0. The lowest BCUT2D eigenvalue weighted by Gasteiger charge is -2.11. The Bertz CT molecular complexity index is 727.